The molecule has 0 atom stereocenters. The molecule has 2 nitrogen and oxygen atoms in total. The van der Waals surface area contributed by atoms with Crippen LogP contribution in [0.2, 0.25) is 0 Å². The fourth-order valence-electron chi connectivity index (χ4n) is 1.53. The molecular formula is C12H9F3N2. The van der Waals surface area contributed by atoms with E-state index in [4.69, 9.17) is 11.5 Å². The minimum Gasteiger partial charge on any atom is -0.395 e. The lowest BCUT2D eigenvalue weighted by molar-refractivity contribution is 0.610. The first-order valence-electron chi connectivity index (χ1n) is 4.79. The van der Waals surface area contributed by atoms with E-state index in [2.05, 4.69) is 0 Å². The Kier molecular flexibility index (Phi) is 2.67. The number of benzene rings is 2. The third kappa shape index (κ3) is 1.91. The molecule has 0 aliphatic heterocycles. The van der Waals surface area contributed by atoms with Crippen LogP contribution in [-0.4, -0.2) is 0 Å². The second-order valence-electron chi connectivity index (χ2n) is 3.56. The van der Waals surface area contributed by atoms with E-state index >= 15 is 0 Å². The molecule has 0 saturated carbocycles. The van der Waals surface area contributed by atoms with E-state index in [0.29, 0.717) is 0 Å². The maximum atomic E-state index is 13.8. The summed E-state index contributed by atoms with van der Waals surface area (Å²) in [7, 11) is 0. The van der Waals surface area contributed by atoms with Crippen LogP contribution in [-0.2, 0) is 0 Å². The Morgan fingerprint density at radius 2 is 1.59 bits per heavy atom. The van der Waals surface area contributed by atoms with Crippen molar-refractivity contribution in [2.75, 3.05) is 11.5 Å². The standard InChI is InChI=1S/C12H9F3N2/c13-7-3-1-2-6(4-7)8-5-9(14)11(16)12(17)10(8)15/h1-5H,16-17H2. The summed E-state index contributed by atoms with van der Waals surface area (Å²) in [4.78, 5) is 0. The lowest BCUT2D eigenvalue weighted by atomic mass is 10.0. The van der Waals surface area contributed by atoms with Crippen molar-refractivity contribution >= 4 is 11.4 Å². The highest BCUT2D eigenvalue weighted by Crippen LogP contribution is 2.32. The van der Waals surface area contributed by atoms with Gasteiger partial charge in [-0.05, 0) is 23.8 Å². The van der Waals surface area contributed by atoms with Crippen LogP contribution in [0.15, 0.2) is 30.3 Å². The van der Waals surface area contributed by atoms with Gasteiger partial charge in [0.2, 0.25) is 0 Å². The van der Waals surface area contributed by atoms with Gasteiger partial charge in [0.15, 0.2) is 5.82 Å². The smallest absolute Gasteiger partial charge is 0.156 e. The van der Waals surface area contributed by atoms with Gasteiger partial charge in [-0.15, -0.1) is 0 Å². The first-order valence-corrected chi connectivity index (χ1v) is 4.79. The van der Waals surface area contributed by atoms with Crippen LogP contribution in [0.1, 0.15) is 0 Å². The van der Waals surface area contributed by atoms with E-state index in [-0.39, 0.29) is 11.1 Å². The van der Waals surface area contributed by atoms with Gasteiger partial charge < -0.3 is 11.5 Å². The van der Waals surface area contributed by atoms with Crippen LogP contribution in [0.5, 0.6) is 0 Å². The highest BCUT2D eigenvalue weighted by atomic mass is 19.1. The van der Waals surface area contributed by atoms with Crippen molar-refractivity contribution in [1.29, 1.82) is 0 Å². The van der Waals surface area contributed by atoms with Gasteiger partial charge in [-0.25, -0.2) is 13.2 Å². The largest absolute Gasteiger partial charge is 0.395 e. The van der Waals surface area contributed by atoms with E-state index in [0.717, 1.165) is 12.1 Å². The number of anilines is 2. The molecule has 0 fully saturated rings. The molecule has 0 aromatic heterocycles. The number of hydrogen-bond donors (Lipinski definition) is 2. The van der Waals surface area contributed by atoms with Crippen molar-refractivity contribution in [3.8, 4) is 11.1 Å². The van der Waals surface area contributed by atoms with Gasteiger partial charge in [0, 0.05) is 5.56 Å². The van der Waals surface area contributed by atoms with Crippen LogP contribution in [0.4, 0.5) is 24.5 Å². The van der Waals surface area contributed by atoms with Crippen molar-refractivity contribution in [2.45, 2.75) is 0 Å². The summed E-state index contributed by atoms with van der Waals surface area (Å²) in [6.45, 7) is 0. The molecule has 5 heteroatoms. The molecular weight excluding hydrogens is 229 g/mol. The fourth-order valence-corrected chi connectivity index (χ4v) is 1.53. The lowest BCUT2D eigenvalue weighted by Crippen LogP contribution is -2.03. The zero-order chi connectivity index (χ0) is 12.6. The third-order valence-corrected chi connectivity index (χ3v) is 2.43. The van der Waals surface area contributed by atoms with Crippen LogP contribution in [0, 0.1) is 17.5 Å². The predicted octanol–water partition coefficient (Wildman–Crippen LogP) is 2.94. The van der Waals surface area contributed by atoms with Crippen molar-refractivity contribution in [3.63, 3.8) is 0 Å². The second-order valence-corrected chi connectivity index (χ2v) is 3.56. The van der Waals surface area contributed by atoms with Crippen molar-refractivity contribution in [3.05, 3.63) is 47.8 Å². The Hall–Kier alpha value is -2.17. The van der Waals surface area contributed by atoms with Crippen LogP contribution in [0.25, 0.3) is 11.1 Å². The van der Waals surface area contributed by atoms with Gasteiger partial charge in [0.05, 0.1) is 11.4 Å². The molecule has 2 aromatic rings. The predicted molar refractivity (Wildman–Crippen MR) is 60.6 cm³/mol. The molecule has 0 saturated heterocycles. The van der Waals surface area contributed by atoms with E-state index < -0.39 is 28.8 Å². The first kappa shape index (κ1) is 11.3. The Labute approximate surface area is 95.7 Å². The fraction of sp³-hybridized carbons (Fsp3) is 0. The maximum absolute atomic E-state index is 13.8. The number of halogens is 3. The van der Waals surface area contributed by atoms with Gasteiger partial charge >= 0.3 is 0 Å². The molecule has 4 N–H and O–H groups in total. The van der Waals surface area contributed by atoms with Gasteiger partial charge in [-0.2, -0.15) is 0 Å². The topological polar surface area (TPSA) is 52.0 Å². The summed E-state index contributed by atoms with van der Waals surface area (Å²) in [6, 6.07) is 6.05. The highest BCUT2D eigenvalue weighted by Gasteiger charge is 2.15. The van der Waals surface area contributed by atoms with Gasteiger partial charge in [-0.3, -0.25) is 0 Å². The van der Waals surface area contributed by atoms with Crippen LogP contribution in [0.3, 0.4) is 0 Å². The number of nitrogens with two attached hydrogens (primary N) is 2. The van der Waals surface area contributed by atoms with E-state index in [1.807, 2.05) is 0 Å². The summed E-state index contributed by atoms with van der Waals surface area (Å²) in [5.41, 5.74) is 9.75. The Morgan fingerprint density at radius 3 is 2.24 bits per heavy atom. The molecule has 0 aliphatic rings. The molecule has 0 bridgehead atoms. The van der Waals surface area contributed by atoms with Gasteiger partial charge in [-0.1, -0.05) is 12.1 Å². The summed E-state index contributed by atoms with van der Waals surface area (Å²) >= 11 is 0. The molecule has 0 amide bonds. The van der Waals surface area contributed by atoms with Crippen LogP contribution < -0.4 is 11.5 Å². The summed E-state index contributed by atoms with van der Waals surface area (Å²) in [5, 5.41) is 0. The highest BCUT2D eigenvalue weighted by molar-refractivity contribution is 5.76. The molecule has 2 aromatic carbocycles. The van der Waals surface area contributed by atoms with Crippen molar-refractivity contribution in [2.24, 2.45) is 0 Å². The molecule has 0 heterocycles. The third-order valence-electron chi connectivity index (χ3n) is 2.43. The molecule has 0 spiro atoms. The number of rotatable bonds is 1. The van der Waals surface area contributed by atoms with Crippen LogP contribution >= 0.6 is 0 Å². The van der Waals surface area contributed by atoms with E-state index in [9.17, 15) is 13.2 Å². The Bertz CT molecular complexity index is 582. The van der Waals surface area contributed by atoms with Crippen molar-refractivity contribution in [1.82, 2.24) is 0 Å². The molecule has 0 unspecified atom stereocenters. The number of hydrogen-bond acceptors (Lipinski definition) is 2. The lowest BCUT2D eigenvalue weighted by Gasteiger charge is -2.09. The second kappa shape index (κ2) is 4.01. The minimum absolute atomic E-state index is 0.117. The summed E-state index contributed by atoms with van der Waals surface area (Å²) < 4.78 is 40.1. The summed E-state index contributed by atoms with van der Waals surface area (Å²) in [6.07, 6.45) is 0. The zero-order valence-electron chi connectivity index (χ0n) is 8.68. The average molecular weight is 238 g/mol. The Morgan fingerprint density at radius 1 is 0.882 bits per heavy atom. The van der Waals surface area contributed by atoms with E-state index in [1.165, 1.54) is 18.2 Å². The molecule has 17 heavy (non-hydrogen) atoms. The monoisotopic (exact) mass is 238 g/mol. The minimum atomic E-state index is -0.852. The summed E-state index contributed by atoms with van der Waals surface area (Å²) in [5.74, 6) is -2.23. The molecule has 0 aliphatic carbocycles. The van der Waals surface area contributed by atoms with Gasteiger partial charge in [0.1, 0.15) is 11.6 Å². The molecule has 88 valence electrons. The molecule has 0 radical (unpaired) electrons. The molecule has 2 rings (SSSR count). The number of nitrogen functional groups attached to an aromatic ring is 2. The van der Waals surface area contributed by atoms with E-state index in [1.54, 1.807) is 0 Å². The maximum Gasteiger partial charge on any atom is 0.156 e. The Balaban J connectivity index is 2.68. The van der Waals surface area contributed by atoms with Crippen molar-refractivity contribution < 1.29 is 13.2 Å². The normalized spacial score (nSPS) is 10.5. The first-order chi connectivity index (χ1) is 8.00. The zero-order valence-corrected chi connectivity index (χ0v) is 8.68. The van der Waals surface area contributed by atoms with Gasteiger partial charge in [0.25, 0.3) is 0 Å². The average Bonchev–Trinajstić information content (AvgIpc) is 2.31. The quantitative estimate of drug-likeness (QED) is 0.750. The SMILES string of the molecule is Nc1c(F)cc(-c2cccc(F)c2)c(F)c1N.